The molecule has 0 amide bonds. The predicted molar refractivity (Wildman–Crippen MR) is 83.5 cm³/mol. The van der Waals surface area contributed by atoms with E-state index in [0.29, 0.717) is 12.1 Å². The second-order valence-electron chi connectivity index (χ2n) is 5.39. The normalized spacial score (nSPS) is 21.3. The Morgan fingerprint density at radius 2 is 2.32 bits per heavy atom. The highest BCUT2D eigenvalue weighted by Gasteiger charge is 2.16. The number of benzene rings is 1. The molecule has 0 aromatic heterocycles. The zero-order chi connectivity index (χ0) is 13.5. The lowest BCUT2D eigenvalue weighted by Crippen LogP contribution is -2.30. The highest BCUT2D eigenvalue weighted by atomic mass is 79.9. The van der Waals surface area contributed by atoms with Crippen molar-refractivity contribution in [1.29, 1.82) is 0 Å². The Morgan fingerprint density at radius 3 is 3.00 bits per heavy atom. The summed E-state index contributed by atoms with van der Waals surface area (Å²) in [6.45, 7) is 0.959. The highest BCUT2D eigenvalue weighted by molar-refractivity contribution is 9.10. The lowest BCUT2D eigenvalue weighted by Gasteiger charge is -2.25. The molecule has 106 valence electrons. The molecule has 1 aromatic carbocycles. The van der Waals surface area contributed by atoms with Gasteiger partial charge in [0.1, 0.15) is 0 Å². The van der Waals surface area contributed by atoms with E-state index < -0.39 is 0 Å². The summed E-state index contributed by atoms with van der Waals surface area (Å²) in [6.07, 6.45) is 7.76. The molecule has 1 fully saturated rings. The van der Waals surface area contributed by atoms with Crippen molar-refractivity contribution in [2.75, 3.05) is 13.7 Å². The van der Waals surface area contributed by atoms with Gasteiger partial charge in [0, 0.05) is 17.1 Å². The van der Waals surface area contributed by atoms with Crippen molar-refractivity contribution in [3.63, 3.8) is 0 Å². The zero-order valence-corrected chi connectivity index (χ0v) is 13.3. The van der Waals surface area contributed by atoms with Crippen LogP contribution in [0.3, 0.4) is 0 Å². The average Bonchev–Trinajstić information content (AvgIpc) is 2.44. The highest BCUT2D eigenvalue weighted by Crippen LogP contribution is 2.19. The second-order valence-corrected chi connectivity index (χ2v) is 6.30. The van der Waals surface area contributed by atoms with Crippen LogP contribution in [-0.2, 0) is 11.2 Å². The zero-order valence-electron chi connectivity index (χ0n) is 11.7. The van der Waals surface area contributed by atoms with E-state index in [9.17, 15) is 0 Å². The van der Waals surface area contributed by atoms with Crippen molar-refractivity contribution in [3.8, 4) is 0 Å². The van der Waals surface area contributed by atoms with E-state index >= 15 is 0 Å². The molecule has 0 saturated carbocycles. The third kappa shape index (κ3) is 5.25. The molecule has 0 aliphatic carbocycles. The van der Waals surface area contributed by atoms with E-state index in [0.717, 1.165) is 17.5 Å². The van der Waals surface area contributed by atoms with Gasteiger partial charge in [-0.15, -0.1) is 0 Å². The topological polar surface area (TPSA) is 21.3 Å². The number of hydrogen-bond donors (Lipinski definition) is 1. The van der Waals surface area contributed by atoms with Gasteiger partial charge in [-0.2, -0.15) is 0 Å². The Kier molecular flexibility index (Phi) is 6.35. The maximum Gasteiger partial charge on any atom is 0.0575 e. The summed E-state index contributed by atoms with van der Waals surface area (Å²) in [6, 6.07) is 9.14. The fourth-order valence-electron chi connectivity index (χ4n) is 2.72. The Morgan fingerprint density at radius 1 is 1.42 bits per heavy atom. The molecule has 0 radical (unpaired) electrons. The Labute approximate surface area is 125 Å². The molecular weight excluding hydrogens is 302 g/mol. The molecule has 2 rings (SSSR count). The van der Waals surface area contributed by atoms with Crippen LogP contribution in [0.15, 0.2) is 28.7 Å². The van der Waals surface area contributed by atoms with Gasteiger partial charge in [0.15, 0.2) is 0 Å². The van der Waals surface area contributed by atoms with Gasteiger partial charge in [0.2, 0.25) is 0 Å². The smallest absolute Gasteiger partial charge is 0.0575 e. The first-order valence-corrected chi connectivity index (χ1v) is 8.10. The molecule has 2 nitrogen and oxygen atoms in total. The molecule has 1 aliphatic rings. The van der Waals surface area contributed by atoms with Crippen molar-refractivity contribution >= 4 is 15.9 Å². The van der Waals surface area contributed by atoms with Crippen molar-refractivity contribution < 1.29 is 4.74 Å². The largest absolute Gasteiger partial charge is 0.378 e. The Bertz CT molecular complexity index is 377. The summed E-state index contributed by atoms with van der Waals surface area (Å²) >= 11 is 3.54. The van der Waals surface area contributed by atoms with E-state index in [-0.39, 0.29) is 0 Å². The number of likely N-dealkylation sites (N-methyl/N-ethyl adjacent to an activating group) is 1. The fraction of sp³-hybridized carbons (Fsp3) is 0.625. The number of ether oxygens (including phenoxy) is 1. The summed E-state index contributed by atoms with van der Waals surface area (Å²) < 4.78 is 6.97. The van der Waals surface area contributed by atoms with Crippen LogP contribution in [0.2, 0.25) is 0 Å². The lowest BCUT2D eigenvalue weighted by molar-refractivity contribution is 0.00870. The van der Waals surface area contributed by atoms with Crippen LogP contribution in [0.5, 0.6) is 0 Å². The summed E-state index contributed by atoms with van der Waals surface area (Å²) in [7, 11) is 2.06. The third-order valence-electron chi connectivity index (χ3n) is 3.89. The second kappa shape index (κ2) is 8.03. The van der Waals surface area contributed by atoms with E-state index in [1.807, 2.05) is 0 Å². The predicted octanol–water partition coefficient (Wildman–Crippen LogP) is 3.93. The van der Waals surface area contributed by atoms with Crippen LogP contribution in [0.4, 0.5) is 0 Å². The molecule has 1 aliphatic heterocycles. The maximum absolute atomic E-state index is 5.81. The van der Waals surface area contributed by atoms with Gasteiger partial charge >= 0.3 is 0 Å². The molecule has 3 heteroatoms. The third-order valence-corrected chi connectivity index (χ3v) is 4.38. The summed E-state index contributed by atoms with van der Waals surface area (Å²) in [5.41, 5.74) is 1.39. The van der Waals surface area contributed by atoms with Crippen LogP contribution >= 0.6 is 15.9 Å². The first-order valence-electron chi connectivity index (χ1n) is 7.31. The maximum atomic E-state index is 5.81. The lowest BCUT2D eigenvalue weighted by atomic mass is 9.97. The van der Waals surface area contributed by atoms with Gasteiger partial charge in [-0.05, 0) is 63.3 Å². The SMILES string of the molecule is CNC(CCC1CCCCO1)Cc1cccc(Br)c1. The summed E-state index contributed by atoms with van der Waals surface area (Å²) in [5, 5.41) is 3.44. The van der Waals surface area contributed by atoms with Gasteiger partial charge < -0.3 is 10.1 Å². The van der Waals surface area contributed by atoms with Gasteiger partial charge in [0.25, 0.3) is 0 Å². The average molecular weight is 326 g/mol. The quantitative estimate of drug-likeness (QED) is 0.855. The molecule has 19 heavy (non-hydrogen) atoms. The molecule has 1 saturated heterocycles. The summed E-state index contributed by atoms with van der Waals surface area (Å²) in [5.74, 6) is 0. The minimum atomic E-state index is 0.493. The number of halogens is 1. The molecule has 1 N–H and O–H groups in total. The van der Waals surface area contributed by atoms with Crippen LogP contribution < -0.4 is 5.32 Å². The molecule has 1 aromatic rings. The first-order chi connectivity index (χ1) is 9.28. The van der Waals surface area contributed by atoms with Crippen LogP contribution in [0.1, 0.15) is 37.7 Å². The molecule has 0 spiro atoms. The van der Waals surface area contributed by atoms with Gasteiger partial charge in [-0.25, -0.2) is 0 Å². The minimum absolute atomic E-state index is 0.493. The van der Waals surface area contributed by atoms with Crippen LogP contribution in [-0.4, -0.2) is 25.8 Å². The van der Waals surface area contributed by atoms with Crippen molar-refractivity contribution in [1.82, 2.24) is 5.32 Å². The number of hydrogen-bond acceptors (Lipinski definition) is 2. The van der Waals surface area contributed by atoms with Crippen molar-refractivity contribution in [2.45, 2.75) is 50.7 Å². The Hall–Kier alpha value is -0.380. The van der Waals surface area contributed by atoms with E-state index in [1.165, 1.54) is 37.7 Å². The van der Waals surface area contributed by atoms with E-state index in [4.69, 9.17) is 4.74 Å². The van der Waals surface area contributed by atoms with E-state index in [2.05, 4.69) is 52.6 Å². The molecule has 2 unspecified atom stereocenters. The van der Waals surface area contributed by atoms with Crippen molar-refractivity contribution in [2.24, 2.45) is 0 Å². The van der Waals surface area contributed by atoms with Gasteiger partial charge in [0.05, 0.1) is 6.10 Å². The van der Waals surface area contributed by atoms with Gasteiger partial charge in [-0.3, -0.25) is 0 Å². The summed E-state index contributed by atoms with van der Waals surface area (Å²) in [4.78, 5) is 0. The Balaban J connectivity index is 1.79. The van der Waals surface area contributed by atoms with Crippen LogP contribution in [0.25, 0.3) is 0 Å². The number of nitrogens with one attached hydrogen (secondary N) is 1. The standard InChI is InChI=1S/C16H24BrNO/c1-18-15(8-9-16-7-2-3-10-19-16)12-13-5-4-6-14(17)11-13/h4-6,11,15-16,18H,2-3,7-10,12H2,1H3. The monoisotopic (exact) mass is 325 g/mol. The van der Waals surface area contributed by atoms with Crippen molar-refractivity contribution in [3.05, 3.63) is 34.3 Å². The molecule has 1 heterocycles. The molecule has 0 bridgehead atoms. The minimum Gasteiger partial charge on any atom is -0.378 e. The van der Waals surface area contributed by atoms with Crippen LogP contribution in [0, 0.1) is 0 Å². The number of rotatable bonds is 6. The van der Waals surface area contributed by atoms with E-state index in [1.54, 1.807) is 0 Å². The molecule has 2 atom stereocenters. The molecular formula is C16H24BrNO. The fourth-order valence-corrected chi connectivity index (χ4v) is 3.17. The first kappa shape index (κ1) is 15.0. The van der Waals surface area contributed by atoms with Gasteiger partial charge in [-0.1, -0.05) is 28.1 Å².